The van der Waals surface area contributed by atoms with Crippen molar-refractivity contribution < 1.29 is 4.79 Å². The van der Waals surface area contributed by atoms with Gasteiger partial charge in [-0.25, -0.2) is 4.98 Å². The van der Waals surface area contributed by atoms with E-state index in [1.807, 2.05) is 22.9 Å². The average Bonchev–Trinajstić information content (AvgIpc) is 2.96. The molecule has 5 heteroatoms. The second kappa shape index (κ2) is 6.64. The van der Waals surface area contributed by atoms with Crippen molar-refractivity contribution in [3.63, 3.8) is 0 Å². The molecular weight excluding hydrogens is 276 g/mol. The Hall–Kier alpha value is -2.30. The summed E-state index contributed by atoms with van der Waals surface area (Å²) in [4.78, 5) is 18.1. The third-order valence-electron chi connectivity index (χ3n) is 3.96. The Morgan fingerprint density at radius 1 is 1.32 bits per heavy atom. The van der Waals surface area contributed by atoms with Crippen LogP contribution in [0.1, 0.15) is 48.8 Å². The summed E-state index contributed by atoms with van der Waals surface area (Å²) >= 11 is 0. The number of benzene rings is 1. The topological polar surface area (TPSA) is 64.2 Å². The molecule has 5 nitrogen and oxygen atoms in total. The molecule has 2 aromatic rings. The summed E-state index contributed by atoms with van der Waals surface area (Å²) in [7, 11) is 3.46. The van der Waals surface area contributed by atoms with Crippen LogP contribution in [0.4, 0.5) is 5.69 Å². The van der Waals surface area contributed by atoms with Gasteiger partial charge in [-0.2, -0.15) is 0 Å². The molecule has 1 aromatic carbocycles. The molecule has 0 unspecified atom stereocenters. The summed E-state index contributed by atoms with van der Waals surface area (Å²) in [6.07, 6.45) is 5.79. The van der Waals surface area contributed by atoms with Gasteiger partial charge in [0.05, 0.1) is 11.4 Å². The minimum absolute atomic E-state index is 0.0518. The Morgan fingerprint density at radius 2 is 2.00 bits per heavy atom. The summed E-state index contributed by atoms with van der Waals surface area (Å²) < 4.78 is 2.02. The van der Waals surface area contributed by atoms with Gasteiger partial charge in [0.15, 0.2) is 0 Å². The van der Waals surface area contributed by atoms with Gasteiger partial charge in [0, 0.05) is 38.0 Å². The molecule has 2 rings (SSSR count). The molecule has 0 radical (unpaired) electrons. The fourth-order valence-corrected chi connectivity index (χ4v) is 2.64. The van der Waals surface area contributed by atoms with Gasteiger partial charge in [-0.15, -0.1) is 0 Å². The first-order valence-electron chi connectivity index (χ1n) is 7.64. The average molecular weight is 300 g/mol. The zero-order chi connectivity index (χ0) is 16.3. The van der Waals surface area contributed by atoms with Gasteiger partial charge >= 0.3 is 0 Å². The van der Waals surface area contributed by atoms with Gasteiger partial charge in [0.2, 0.25) is 0 Å². The first-order valence-corrected chi connectivity index (χ1v) is 7.64. The van der Waals surface area contributed by atoms with Crippen molar-refractivity contribution in [2.45, 2.75) is 32.6 Å². The summed E-state index contributed by atoms with van der Waals surface area (Å²) in [6.45, 7) is 4.32. The van der Waals surface area contributed by atoms with Gasteiger partial charge < -0.3 is 15.2 Å². The van der Waals surface area contributed by atoms with Gasteiger partial charge in [-0.1, -0.05) is 13.8 Å². The number of rotatable bonds is 5. The van der Waals surface area contributed by atoms with Crippen LogP contribution in [0.5, 0.6) is 0 Å². The molecule has 1 heterocycles. The van der Waals surface area contributed by atoms with Gasteiger partial charge in [-0.05, 0) is 31.0 Å². The second-order valence-electron chi connectivity index (χ2n) is 5.64. The standard InChI is InChI=1S/C17H24N4O/c1-5-12(6-2)16-19-9-10-21(16)15-8-7-13(11-14(15)18)17(22)20(3)4/h7-12H,5-6,18H2,1-4H3. The zero-order valence-electron chi connectivity index (χ0n) is 13.7. The van der Waals surface area contributed by atoms with Crippen molar-refractivity contribution in [3.8, 4) is 5.69 Å². The highest BCUT2D eigenvalue weighted by Crippen LogP contribution is 2.27. The molecule has 0 saturated heterocycles. The van der Waals surface area contributed by atoms with Crippen molar-refractivity contribution >= 4 is 11.6 Å². The van der Waals surface area contributed by atoms with E-state index in [1.165, 1.54) is 0 Å². The van der Waals surface area contributed by atoms with Crippen molar-refractivity contribution in [2.75, 3.05) is 19.8 Å². The fourth-order valence-electron chi connectivity index (χ4n) is 2.64. The second-order valence-corrected chi connectivity index (χ2v) is 5.64. The number of imidazole rings is 1. The van der Waals surface area contributed by atoms with Crippen LogP contribution in [0.15, 0.2) is 30.6 Å². The van der Waals surface area contributed by atoms with Crippen molar-refractivity contribution in [1.29, 1.82) is 0 Å². The number of hydrogen-bond acceptors (Lipinski definition) is 3. The molecule has 0 aliphatic carbocycles. The van der Waals surface area contributed by atoms with E-state index >= 15 is 0 Å². The molecule has 0 spiro atoms. The minimum Gasteiger partial charge on any atom is -0.397 e. The van der Waals surface area contributed by atoms with Crippen LogP contribution >= 0.6 is 0 Å². The van der Waals surface area contributed by atoms with E-state index in [9.17, 15) is 4.79 Å². The highest BCUT2D eigenvalue weighted by Gasteiger charge is 2.17. The van der Waals surface area contributed by atoms with Crippen LogP contribution in [-0.2, 0) is 0 Å². The zero-order valence-corrected chi connectivity index (χ0v) is 13.7. The lowest BCUT2D eigenvalue weighted by Gasteiger charge is -2.17. The minimum atomic E-state index is -0.0518. The number of nitrogen functional groups attached to an aromatic ring is 1. The van der Waals surface area contributed by atoms with E-state index in [1.54, 1.807) is 31.3 Å². The first-order chi connectivity index (χ1) is 10.5. The molecule has 1 aromatic heterocycles. The lowest BCUT2D eigenvalue weighted by atomic mass is 10.0. The number of aromatic nitrogens is 2. The smallest absolute Gasteiger partial charge is 0.253 e. The van der Waals surface area contributed by atoms with Gasteiger partial charge in [0.1, 0.15) is 5.82 Å². The Morgan fingerprint density at radius 3 is 2.55 bits per heavy atom. The maximum Gasteiger partial charge on any atom is 0.253 e. The predicted molar refractivity (Wildman–Crippen MR) is 89.3 cm³/mol. The maximum atomic E-state index is 12.0. The lowest BCUT2D eigenvalue weighted by molar-refractivity contribution is 0.0827. The first kappa shape index (κ1) is 16.1. The fraction of sp³-hybridized carbons (Fsp3) is 0.412. The number of carbonyl (C=O) groups is 1. The van der Waals surface area contributed by atoms with Crippen LogP contribution in [0.3, 0.4) is 0 Å². The molecule has 118 valence electrons. The monoisotopic (exact) mass is 300 g/mol. The van der Waals surface area contributed by atoms with Gasteiger partial charge in [-0.3, -0.25) is 4.79 Å². The third kappa shape index (κ3) is 2.98. The predicted octanol–water partition coefficient (Wildman–Crippen LogP) is 3.06. The van der Waals surface area contributed by atoms with E-state index in [-0.39, 0.29) is 5.91 Å². The Balaban J connectivity index is 2.43. The Labute approximate surface area is 131 Å². The molecule has 0 bridgehead atoms. The SMILES string of the molecule is CCC(CC)c1nccn1-c1ccc(C(=O)N(C)C)cc1N. The summed E-state index contributed by atoms with van der Waals surface area (Å²) in [6, 6.07) is 5.43. The van der Waals surface area contributed by atoms with Gasteiger partial charge in [0.25, 0.3) is 5.91 Å². The van der Waals surface area contributed by atoms with Crippen LogP contribution in [-0.4, -0.2) is 34.5 Å². The van der Waals surface area contributed by atoms with Crippen LogP contribution < -0.4 is 5.73 Å². The Bertz CT molecular complexity index is 656. The number of nitrogens with two attached hydrogens (primary N) is 1. The lowest BCUT2D eigenvalue weighted by Crippen LogP contribution is -2.22. The molecule has 2 N–H and O–H groups in total. The number of nitrogens with zero attached hydrogens (tertiary/aromatic N) is 3. The molecule has 0 aliphatic rings. The van der Waals surface area contributed by atoms with Crippen LogP contribution in [0.2, 0.25) is 0 Å². The van der Waals surface area contributed by atoms with E-state index in [0.29, 0.717) is 17.2 Å². The quantitative estimate of drug-likeness (QED) is 0.863. The Kier molecular flexibility index (Phi) is 4.85. The molecule has 0 saturated carbocycles. The number of anilines is 1. The molecule has 22 heavy (non-hydrogen) atoms. The number of carbonyl (C=O) groups excluding carboxylic acids is 1. The van der Waals surface area contributed by atoms with Crippen LogP contribution in [0, 0.1) is 0 Å². The molecule has 0 fully saturated rings. The number of amides is 1. The molecule has 0 aliphatic heterocycles. The molecule has 0 atom stereocenters. The van der Waals surface area contributed by atoms with E-state index in [0.717, 1.165) is 24.4 Å². The third-order valence-corrected chi connectivity index (χ3v) is 3.96. The van der Waals surface area contributed by atoms with Crippen molar-refractivity contribution in [3.05, 3.63) is 42.0 Å². The molecule has 1 amide bonds. The van der Waals surface area contributed by atoms with Crippen molar-refractivity contribution in [1.82, 2.24) is 14.5 Å². The largest absolute Gasteiger partial charge is 0.397 e. The van der Waals surface area contributed by atoms with E-state index < -0.39 is 0 Å². The maximum absolute atomic E-state index is 12.0. The summed E-state index contributed by atoms with van der Waals surface area (Å²) in [5.41, 5.74) is 8.23. The summed E-state index contributed by atoms with van der Waals surface area (Å²) in [5, 5.41) is 0. The van der Waals surface area contributed by atoms with Crippen LogP contribution in [0.25, 0.3) is 5.69 Å². The molecular formula is C17H24N4O. The highest BCUT2D eigenvalue weighted by molar-refractivity contribution is 5.95. The number of hydrogen-bond donors (Lipinski definition) is 1. The van der Waals surface area contributed by atoms with E-state index in [4.69, 9.17) is 5.73 Å². The highest BCUT2D eigenvalue weighted by atomic mass is 16.2. The summed E-state index contributed by atoms with van der Waals surface area (Å²) in [5.74, 6) is 1.37. The normalized spacial score (nSPS) is 11.0. The van der Waals surface area contributed by atoms with E-state index in [2.05, 4.69) is 18.8 Å². The van der Waals surface area contributed by atoms with Crippen molar-refractivity contribution in [2.24, 2.45) is 0 Å².